The zero-order chi connectivity index (χ0) is 23.7. The second kappa shape index (κ2) is 7.76. The summed E-state index contributed by atoms with van der Waals surface area (Å²) in [6, 6.07) is 8.86. The Balaban J connectivity index is 1.32. The summed E-state index contributed by atoms with van der Waals surface area (Å²) in [7, 11) is 0. The van der Waals surface area contributed by atoms with Gasteiger partial charge < -0.3 is 0 Å². The van der Waals surface area contributed by atoms with Crippen LogP contribution in [0, 0.1) is 35.5 Å². The van der Waals surface area contributed by atoms with Crippen molar-refractivity contribution < 1.29 is 4.79 Å². The molecule has 34 heavy (non-hydrogen) atoms. The van der Waals surface area contributed by atoms with Crippen LogP contribution in [0.15, 0.2) is 53.8 Å². The van der Waals surface area contributed by atoms with Gasteiger partial charge in [0, 0.05) is 12.0 Å². The Morgan fingerprint density at radius 3 is 2.59 bits per heavy atom. The molecular weight excluding hydrogens is 418 g/mol. The van der Waals surface area contributed by atoms with Crippen LogP contribution >= 0.6 is 0 Å². The fourth-order valence-corrected chi connectivity index (χ4v) is 8.48. The number of nitrogens with zero attached hydrogens (tertiary/aromatic N) is 3. The predicted octanol–water partition coefficient (Wildman–Crippen LogP) is 6.88. The van der Waals surface area contributed by atoms with Crippen LogP contribution in [0.5, 0.6) is 0 Å². The third kappa shape index (κ3) is 3.13. The molecule has 4 nitrogen and oxygen atoms in total. The molecule has 2 aromatic rings. The van der Waals surface area contributed by atoms with Crippen LogP contribution in [0.3, 0.4) is 0 Å². The number of hydrogen-bond donors (Lipinski definition) is 0. The van der Waals surface area contributed by atoms with Crippen molar-refractivity contribution in [3.63, 3.8) is 0 Å². The first-order valence-corrected chi connectivity index (χ1v) is 13.2. The minimum absolute atomic E-state index is 0.220. The summed E-state index contributed by atoms with van der Waals surface area (Å²) >= 11 is 0. The molecule has 4 aliphatic rings. The molecule has 0 saturated heterocycles. The van der Waals surface area contributed by atoms with E-state index in [-0.39, 0.29) is 10.8 Å². The highest BCUT2D eigenvalue weighted by Crippen LogP contribution is 2.68. The van der Waals surface area contributed by atoms with Crippen molar-refractivity contribution in [3.8, 4) is 11.3 Å². The summed E-state index contributed by atoms with van der Waals surface area (Å²) in [5.74, 6) is 2.45. The van der Waals surface area contributed by atoms with Gasteiger partial charge in [0.05, 0.1) is 12.2 Å². The smallest absolute Gasteiger partial charge is 0.155 e. The molecule has 4 aliphatic carbocycles. The SMILES string of the molecule is C/C=C1/[C@@H](n2cc(-c3ccc(C)cc3)nn2)C[C@H]2[C@@H]3CCC4=CC(=O)CC[C@]4(C)[C@H]3CC[C@]12C. The van der Waals surface area contributed by atoms with E-state index in [9.17, 15) is 4.79 Å². The molecule has 0 unspecified atom stereocenters. The van der Waals surface area contributed by atoms with Crippen LogP contribution in [-0.2, 0) is 4.79 Å². The fourth-order valence-electron chi connectivity index (χ4n) is 8.48. The number of benzene rings is 1. The molecule has 0 radical (unpaired) electrons. The first kappa shape index (κ1) is 22.0. The predicted molar refractivity (Wildman–Crippen MR) is 135 cm³/mol. The lowest BCUT2D eigenvalue weighted by molar-refractivity contribution is -0.117. The molecule has 178 valence electrons. The van der Waals surface area contributed by atoms with Crippen molar-refractivity contribution in [2.75, 3.05) is 0 Å². The number of rotatable bonds is 2. The Labute approximate surface area is 203 Å². The maximum atomic E-state index is 12.2. The summed E-state index contributed by atoms with van der Waals surface area (Å²) in [6.07, 6.45) is 14.3. The van der Waals surface area contributed by atoms with E-state index in [2.05, 4.69) is 79.2 Å². The number of aromatic nitrogens is 3. The first-order valence-electron chi connectivity index (χ1n) is 13.2. The maximum Gasteiger partial charge on any atom is 0.155 e. The highest BCUT2D eigenvalue weighted by atomic mass is 16.1. The molecule has 0 bridgehead atoms. The number of fused-ring (bicyclic) bond motifs is 5. The van der Waals surface area contributed by atoms with Gasteiger partial charge in [0.1, 0.15) is 5.69 Å². The van der Waals surface area contributed by atoms with Gasteiger partial charge in [-0.3, -0.25) is 4.79 Å². The molecule has 0 spiro atoms. The zero-order valence-corrected chi connectivity index (χ0v) is 21.1. The monoisotopic (exact) mass is 455 g/mol. The quantitative estimate of drug-likeness (QED) is 0.464. The number of aryl methyl sites for hydroxylation is 1. The molecule has 6 rings (SSSR count). The van der Waals surface area contributed by atoms with Gasteiger partial charge in [-0.15, -0.1) is 5.10 Å². The second-order valence-electron chi connectivity index (χ2n) is 11.9. The van der Waals surface area contributed by atoms with Crippen molar-refractivity contribution in [2.45, 2.75) is 78.7 Å². The van der Waals surface area contributed by atoms with Gasteiger partial charge in [-0.25, -0.2) is 4.68 Å². The Morgan fingerprint density at radius 1 is 1.03 bits per heavy atom. The van der Waals surface area contributed by atoms with Gasteiger partial charge in [0.2, 0.25) is 0 Å². The van der Waals surface area contributed by atoms with E-state index >= 15 is 0 Å². The van der Waals surface area contributed by atoms with Gasteiger partial charge in [-0.1, -0.05) is 60.5 Å². The van der Waals surface area contributed by atoms with E-state index in [1.165, 1.54) is 30.4 Å². The third-order valence-corrected chi connectivity index (χ3v) is 10.3. The van der Waals surface area contributed by atoms with Crippen LogP contribution in [0.1, 0.15) is 77.3 Å². The molecule has 6 atom stereocenters. The lowest BCUT2D eigenvalue weighted by atomic mass is 9.47. The maximum absolute atomic E-state index is 12.2. The molecule has 0 amide bonds. The van der Waals surface area contributed by atoms with Crippen LogP contribution in [0.4, 0.5) is 0 Å². The van der Waals surface area contributed by atoms with Crippen LogP contribution in [0.2, 0.25) is 0 Å². The summed E-state index contributed by atoms with van der Waals surface area (Å²) < 4.78 is 2.15. The van der Waals surface area contributed by atoms with Gasteiger partial charge in [0.15, 0.2) is 5.78 Å². The standard InChI is InChI=1S/C30H37N3O/c1-5-24-28(33-18-27(31-32-33)20-8-6-19(2)7-9-20)17-26-23-11-10-21-16-22(34)12-14-29(21,3)25(23)13-15-30(24,26)4/h5-9,16,18,23,25-26,28H,10-15,17H2,1-4H3/b24-5-/t23-,25+,26+,28+,29+,30-/m1/s1. The van der Waals surface area contributed by atoms with Crippen molar-refractivity contribution in [1.82, 2.24) is 15.0 Å². The molecular formula is C30H37N3O. The molecule has 1 heterocycles. The van der Waals surface area contributed by atoms with Crippen molar-refractivity contribution in [1.29, 1.82) is 0 Å². The summed E-state index contributed by atoms with van der Waals surface area (Å²) in [4.78, 5) is 12.2. The van der Waals surface area contributed by atoms with Crippen molar-refractivity contribution in [3.05, 3.63) is 59.3 Å². The normalized spacial score (nSPS) is 38.3. The lowest BCUT2D eigenvalue weighted by Gasteiger charge is -2.57. The minimum atomic E-state index is 0.220. The Bertz CT molecular complexity index is 1190. The van der Waals surface area contributed by atoms with E-state index in [1.807, 2.05) is 6.08 Å². The van der Waals surface area contributed by atoms with Crippen molar-refractivity contribution >= 4 is 5.78 Å². The van der Waals surface area contributed by atoms with Gasteiger partial charge >= 0.3 is 0 Å². The number of carbonyl (C=O) groups excluding carboxylic acids is 1. The molecule has 0 aliphatic heterocycles. The topological polar surface area (TPSA) is 47.8 Å². The Hall–Kier alpha value is -2.49. The fraction of sp³-hybridized carbons (Fsp3) is 0.567. The Morgan fingerprint density at radius 2 is 1.82 bits per heavy atom. The molecule has 3 fully saturated rings. The average Bonchev–Trinajstić information content (AvgIpc) is 3.42. The van der Waals surface area contributed by atoms with Gasteiger partial charge in [-0.05, 0) is 92.6 Å². The molecule has 1 aromatic heterocycles. The number of carbonyl (C=O) groups is 1. The molecule has 4 heteroatoms. The largest absolute Gasteiger partial charge is 0.295 e. The summed E-state index contributed by atoms with van der Waals surface area (Å²) in [5.41, 5.74) is 6.81. The summed E-state index contributed by atoms with van der Waals surface area (Å²) in [5, 5.41) is 9.22. The van der Waals surface area contributed by atoms with Gasteiger partial charge in [-0.2, -0.15) is 0 Å². The van der Waals surface area contributed by atoms with E-state index in [0.29, 0.717) is 23.7 Å². The lowest BCUT2D eigenvalue weighted by Crippen LogP contribution is -2.49. The van der Waals surface area contributed by atoms with E-state index in [0.717, 1.165) is 42.9 Å². The summed E-state index contributed by atoms with van der Waals surface area (Å²) in [6.45, 7) is 9.33. The molecule has 1 aromatic carbocycles. The molecule has 0 N–H and O–H groups in total. The number of hydrogen-bond acceptors (Lipinski definition) is 3. The number of allylic oxidation sites excluding steroid dienone is 3. The zero-order valence-electron chi connectivity index (χ0n) is 21.1. The van der Waals surface area contributed by atoms with Crippen molar-refractivity contribution in [2.24, 2.45) is 28.6 Å². The highest BCUT2D eigenvalue weighted by molar-refractivity contribution is 5.91. The first-order chi connectivity index (χ1) is 16.3. The van der Waals surface area contributed by atoms with E-state index in [4.69, 9.17) is 0 Å². The van der Waals surface area contributed by atoms with Crippen LogP contribution in [-0.4, -0.2) is 20.8 Å². The Kier molecular flexibility index (Phi) is 5.02. The van der Waals surface area contributed by atoms with Crippen LogP contribution in [0.25, 0.3) is 11.3 Å². The highest BCUT2D eigenvalue weighted by Gasteiger charge is 2.59. The minimum Gasteiger partial charge on any atom is -0.295 e. The van der Waals surface area contributed by atoms with E-state index in [1.54, 1.807) is 5.57 Å². The molecule has 3 saturated carbocycles. The number of ketones is 1. The average molecular weight is 456 g/mol. The van der Waals surface area contributed by atoms with Crippen LogP contribution < -0.4 is 0 Å². The third-order valence-electron chi connectivity index (χ3n) is 10.3. The van der Waals surface area contributed by atoms with E-state index < -0.39 is 0 Å². The second-order valence-corrected chi connectivity index (χ2v) is 11.9. The van der Waals surface area contributed by atoms with Gasteiger partial charge in [0.25, 0.3) is 0 Å².